The summed E-state index contributed by atoms with van der Waals surface area (Å²) >= 11 is 0. The summed E-state index contributed by atoms with van der Waals surface area (Å²) in [6, 6.07) is 96.7. The molecule has 292 valence electrons. The van der Waals surface area contributed by atoms with Crippen LogP contribution in [0.5, 0.6) is 0 Å². The highest BCUT2D eigenvalue weighted by molar-refractivity contribution is 5.83. The van der Waals surface area contributed by atoms with E-state index in [1.54, 1.807) is 0 Å². The van der Waals surface area contributed by atoms with Crippen molar-refractivity contribution < 1.29 is 0 Å². The molecule has 0 aliphatic heterocycles. The molecule has 0 heterocycles. The molecule has 0 amide bonds. The van der Waals surface area contributed by atoms with Gasteiger partial charge >= 0.3 is 0 Å². The Bertz CT molecular complexity index is 2590. The molecule has 0 bridgehead atoms. The van der Waals surface area contributed by atoms with Gasteiger partial charge in [0.05, 0.1) is 0 Å². The van der Waals surface area contributed by atoms with Crippen LogP contribution in [0.4, 0.5) is 34.1 Å². The lowest BCUT2D eigenvalue weighted by molar-refractivity contribution is 1.28. The molecule has 0 fully saturated rings. The molecule has 10 aromatic rings. The number of hydrogen-bond donors (Lipinski definition) is 0. The van der Waals surface area contributed by atoms with E-state index in [0.717, 1.165) is 56.4 Å². The Labute approximate surface area is 364 Å². The third kappa shape index (κ3) is 8.12. The molecule has 0 saturated carbocycles. The average Bonchev–Trinajstić information content (AvgIpc) is 3.36. The molecule has 0 radical (unpaired) electrons. The maximum absolute atomic E-state index is 3.09. The van der Waals surface area contributed by atoms with Crippen molar-refractivity contribution in [2.75, 3.05) is 9.80 Å². The molecular weight excluding hydrogens is 749 g/mol. The molecule has 10 aromatic carbocycles. The Morgan fingerprint density at radius 1 is 0.194 bits per heavy atom. The van der Waals surface area contributed by atoms with Gasteiger partial charge in [0, 0.05) is 34.1 Å². The monoisotopic (exact) mass is 790 g/mol. The maximum atomic E-state index is 3.09. The topological polar surface area (TPSA) is 6.48 Å². The summed E-state index contributed by atoms with van der Waals surface area (Å²) in [6.45, 7) is 0. The molecular formula is C60H42N2. The zero-order valence-electron chi connectivity index (χ0n) is 34.1. The van der Waals surface area contributed by atoms with Crippen molar-refractivity contribution >= 4 is 34.1 Å². The second-order valence-electron chi connectivity index (χ2n) is 15.3. The van der Waals surface area contributed by atoms with E-state index >= 15 is 0 Å². The summed E-state index contributed by atoms with van der Waals surface area (Å²) in [5.74, 6) is 0. The standard InChI is InChI=1S/C60H42N2/c1-5-13-45(14-6-1)49-21-33-55(34-22-49)61(56-35-23-50(24-36-56)46-15-7-2-8-16-46)59-41-29-53(30-42-59)54-31-43-60(44-32-54)62(57-37-25-51(26-38-57)47-17-9-3-10-18-47)58-39-27-52(28-40-58)48-19-11-4-12-20-48/h1-3,5-11,13-44H. The molecule has 2 heteroatoms. The Kier molecular flexibility index (Phi) is 10.7. The molecule has 0 aromatic heterocycles. The number of nitrogens with zero attached hydrogens (tertiary/aromatic N) is 2. The van der Waals surface area contributed by atoms with Crippen LogP contribution < -0.4 is 9.80 Å². The smallest absolute Gasteiger partial charge is 0.0462 e. The SMILES string of the molecule is c1ccc(-c2ccc(N(c3ccc(-c4ccccc4)cc3)c3ccc(-c4ccc(N(c5ccc(-c6ccccc6)cc5)c5ccc(-c6ccccc6)cc5)cc4)cc3)cc2)cc#1. The van der Waals surface area contributed by atoms with Gasteiger partial charge in [0.1, 0.15) is 0 Å². The normalized spacial score (nSPS) is 10.8. The van der Waals surface area contributed by atoms with Gasteiger partial charge in [-0.3, -0.25) is 0 Å². The zero-order chi connectivity index (χ0) is 41.5. The first-order valence-electron chi connectivity index (χ1n) is 21.0. The highest BCUT2D eigenvalue weighted by Crippen LogP contribution is 2.40. The summed E-state index contributed by atoms with van der Waals surface area (Å²) in [7, 11) is 0. The Balaban J connectivity index is 0.960. The molecule has 0 spiro atoms. The van der Waals surface area contributed by atoms with E-state index in [1.165, 1.54) is 33.4 Å². The molecule has 0 aliphatic rings. The van der Waals surface area contributed by atoms with Crippen molar-refractivity contribution in [1.29, 1.82) is 0 Å². The number of anilines is 6. The summed E-state index contributed by atoms with van der Waals surface area (Å²) in [5, 5.41) is 0. The van der Waals surface area contributed by atoms with Gasteiger partial charge in [0.25, 0.3) is 0 Å². The lowest BCUT2D eigenvalue weighted by Crippen LogP contribution is -2.10. The first-order valence-corrected chi connectivity index (χ1v) is 21.0. The minimum absolute atomic E-state index is 1.08. The van der Waals surface area contributed by atoms with Gasteiger partial charge in [-0.1, -0.05) is 176 Å². The van der Waals surface area contributed by atoms with E-state index in [4.69, 9.17) is 0 Å². The van der Waals surface area contributed by atoms with E-state index in [9.17, 15) is 0 Å². The van der Waals surface area contributed by atoms with Crippen molar-refractivity contribution in [1.82, 2.24) is 0 Å². The molecule has 0 atom stereocenters. The minimum Gasteiger partial charge on any atom is -0.311 e. The fraction of sp³-hybridized carbons (Fsp3) is 0. The molecule has 10 rings (SSSR count). The van der Waals surface area contributed by atoms with E-state index < -0.39 is 0 Å². The molecule has 0 unspecified atom stereocenters. The van der Waals surface area contributed by atoms with Crippen LogP contribution in [0.3, 0.4) is 0 Å². The van der Waals surface area contributed by atoms with Crippen molar-refractivity contribution in [3.8, 4) is 55.6 Å². The van der Waals surface area contributed by atoms with Crippen LogP contribution in [-0.2, 0) is 0 Å². The summed E-state index contributed by atoms with van der Waals surface area (Å²) < 4.78 is 0. The van der Waals surface area contributed by atoms with Gasteiger partial charge in [0.2, 0.25) is 0 Å². The van der Waals surface area contributed by atoms with E-state index in [2.05, 4.69) is 265 Å². The fourth-order valence-corrected chi connectivity index (χ4v) is 8.13. The number of hydrogen-bond acceptors (Lipinski definition) is 2. The van der Waals surface area contributed by atoms with Gasteiger partial charge in [-0.15, -0.1) is 0 Å². The Morgan fingerprint density at radius 2 is 0.419 bits per heavy atom. The van der Waals surface area contributed by atoms with Crippen molar-refractivity contribution in [2.45, 2.75) is 0 Å². The lowest BCUT2D eigenvalue weighted by Gasteiger charge is -2.27. The first kappa shape index (κ1) is 37.9. The summed E-state index contributed by atoms with van der Waals surface area (Å²) in [5.41, 5.74) is 18.3. The maximum Gasteiger partial charge on any atom is 0.0462 e. The molecule has 62 heavy (non-hydrogen) atoms. The quantitative estimate of drug-likeness (QED) is 0.129. The van der Waals surface area contributed by atoms with Gasteiger partial charge in [-0.05, 0) is 147 Å². The van der Waals surface area contributed by atoms with E-state index in [1.807, 2.05) is 12.1 Å². The third-order valence-corrected chi connectivity index (χ3v) is 11.4. The molecule has 0 saturated heterocycles. The van der Waals surface area contributed by atoms with Gasteiger partial charge in [-0.25, -0.2) is 0 Å². The zero-order valence-corrected chi connectivity index (χ0v) is 34.1. The minimum atomic E-state index is 1.08. The second kappa shape index (κ2) is 17.5. The van der Waals surface area contributed by atoms with Crippen LogP contribution in [0, 0.1) is 12.1 Å². The Morgan fingerprint density at radius 3 is 0.645 bits per heavy atom. The lowest BCUT2D eigenvalue weighted by atomic mass is 10.0. The highest BCUT2D eigenvalue weighted by atomic mass is 15.1. The van der Waals surface area contributed by atoms with Crippen LogP contribution >= 0.6 is 0 Å². The summed E-state index contributed by atoms with van der Waals surface area (Å²) in [6.07, 6.45) is 0. The van der Waals surface area contributed by atoms with Gasteiger partial charge < -0.3 is 9.80 Å². The fourth-order valence-electron chi connectivity index (χ4n) is 8.13. The predicted octanol–water partition coefficient (Wildman–Crippen LogP) is 16.6. The van der Waals surface area contributed by atoms with Gasteiger partial charge in [-0.2, -0.15) is 0 Å². The summed E-state index contributed by atoms with van der Waals surface area (Å²) in [4.78, 5) is 4.65. The van der Waals surface area contributed by atoms with Crippen molar-refractivity contribution in [3.05, 3.63) is 267 Å². The average molecular weight is 791 g/mol. The predicted molar refractivity (Wildman–Crippen MR) is 261 cm³/mol. The van der Waals surface area contributed by atoms with Crippen LogP contribution in [0.1, 0.15) is 0 Å². The molecule has 0 N–H and O–H groups in total. The largest absolute Gasteiger partial charge is 0.311 e. The van der Waals surface area contributed by atoms with Crippen LogP contribution in [0.2, 0.25) is 0 Å². The van der Waals surface area contributed by atoms with Gasteiger partial charge in [0.15, 0.2) is 0 Å². The van der Waals surface area contributed by atoms with Crippen molar-refractivity contribution in [3.63, 3.8) is 0 Å². The van der Waals surface area contributed by atoms with Crippen LogP contribution in [0.25, 0.3) is 55.6 Å². The third-order valence-electron chi connectivity index (χ3n) is 11.4. The number of benzene rings is 9. The first-order chi connectivity index (χ1) is 30.7. The highest BCUT2D eigenvalue weighted by Gasteiger charge is 2.16. The van der Waals surface area contributed by atoms with E-state index in [-0.39, 0.29) is 0 Å². The number of rotatable bonds is 11. The van der Waals surface area contributed by atoms with Crippen LogP contribution in [0.15, 0.2) is 255 Å². The van der Waals surface area contributed by atoms with Crippen LogP contribution in [-0.4, -0.2) is 0 Å². The molecule has 0 aliphatic carbocycles. The second-order valence-corrected chi connectivity index (χ2v) is 15.3. The van der Waals surface area contributed by atoms with E-state index in [0.29, 0.717) is 0 Å². The van der Waals surface area contributed by atoms with Crippen molar-refractivity contribution in [2.24, 2.45) is 0 Å². The Hall–Kier alpha value is -8.38. The molecule has 2 nitrogen and oxygen atoms in total.